The van der Waals surface area contributed by atoms with Gasteiger partial charge in [-0.05, 0) is 19.8 Å². The number of carbonyl (C=O) groups excluding carboxylic acids is 1. The number of hydrogen-bond donors (Lipinski definition) is 2. The molecule has 0 aromatic carbocycles. The van der Waals surface area contributed by atoms with Gasteiger partial charge in [-0.15, -0.1) is 0 Å². The molecule has 0 aromatic rings. The van der Waals surface area contributed by atoms with E-state index in [4.69, 9.17) is 4.74 Å². The zero-order valence-corrected chi connectivity index (χ0v) is 8.64. The first-order chi connectivity index (χ1) is 6.68. The summed E-state index contributed by atoms with van der Waals surface area (Å²) in [5.41, 5.74) is 0.104. The van der Waals surface area contributed by atoms with E-state index in [1.165, 1.54) is 0 Å². The molecule has 1 saturated carbocycles. The van der Waals surface area contributed by atoms with Crippen molar-refractivity contribution in [3.63, 3.8) is 0 Å². The summed E-state index contributed by atoms with van der Waals surface area (Å²) < 4.78 is 5.29. The highest BCUT2D eigenvalue weighted by Crippen LogP contribution is 2.34. The Labute approximate surface area is 84.4 Å². The van der Waals surface area contributed by atoms with Gasteiger partial charge < -0.3 is 15.4 Å². The van der Waals surface area contributed by atoms with Gasteiger partial charge in [0.2, 0.25) is 5.91 Å². The van der Waals surface area contributed by atoms with E-state index in [0.29, 0.717) is 13.0 Å². The van der Waals surface area contributed by atoms with E-state index in [9.17, 15) is 4.79 Å². The molecule has 2 aliphatic rings. The molecule has 0 bridgehead atoms. The molecule has 0 spiro atoms. The number of amides is 1. The van der Waals surface area contributed by atoms with E-state index < -0.39 is 0 Å². The molecule has 80 valence electrons. The molecule has 0 radical (unpaired) electrons. The fourth-order valence-corrected chi connectivity index (χ4v) is 1.67. The quantitative estimate of drug-likeness (QED) is 0.673. The third-order valence-corrected chi connectivity index (χ3v) is 2.87. The first kappa shape index (κ1) is 9.93. The highest BCUT2D eigenvalue weighted by molar-refractivity contribution is 5.77. The topological polar surface area (TPSA) is 50.4 Å². The second kappa shape index (κ2) is 3.87. The summed E-state index contributed by atoms with van der Waals surface area (Å²) >= 11 is 0. The molecule has 1 aliphatic carbocycles. The molecule has 1 saturated heterocycles. The Kier molecular flexibility index (Phi) is 2.74. The average molecular weight is 198 g/mol. The lowest BCUT2D eigenvalue weighted by atomic mass is 10.2. The van der Waals surface area contributed by atoms with Crippen LogP contribution in [0.5, 0.6) is 0 Å². The number of ether oxygens (including phenoxy) is 1. The Morgan fingerprint density at radius 1 is 1.64 bits per heavy atom. The molecule has 4 nitrogen and oxygen atoms in total. The van der Waals surface area contributed by atoms with Gasteiger partial charge in [-0.25, -0.2) is 0 Å². The van der Waals surface area contributed by atoms with Crippen molar-refractivity contribution in [1.29, 1.82) is 0 Å². The van der Waals surface area contributed by atoms with Crippen LogP contribution in [-0.2, 0) is 9.53 Å². The van der Waals surface area contributed by atoms with Crippen molar-refractivity contribution >= 4 is 5.91 Å². The van der Waals surface area contributed by atoms with Crippen LogP contribution in [0.2, 0.25) is 0 Å². The summed E-state index contributed by atoms with van der Waals surface area (Å²) in [7, 11) is 0. The van der Waals surface area contributed by atoms with Crippen LogP contribution in [0.3, 0.4) is 0 Å². The molecule has 1 aliphatic heterocycles. The molecule has 1 atom stereocenters. The molecule has 1 unspecified atom stereocenters. The van der Waals surface area contributed by atoms with Crippen molar-refractivity contribution in [2.24, 2.45) is 0 Å². The van der Waals surface area contributed by atoms with Crippen LogP contribution < -0.4 is 10.6 Å². The minimum atomic E-state index is 0.104. The minimum Gasteiger partial charge on any atom is -0.378 e. The van der Waals surface area contributed by atoms with Gasteiger partial charge in [0.25, 0.3) is 0 Å². The number of nitrogens with one attached hydrogen (secondary N) is 2. The molecule has 4 heteroatoms. The highest BCUT2D eigenvalue weighted by Gasteiger charge is 2.38. The Bertz CT molecular complexity index is 220. The van der Waals surface area contributed by atoms with Crippen LogP contribution in [0.25, 0.3) is 0 Å². The van der Waals surface area contributed by atoms with Crippen molar-refractivity contribution in [3.05, 3.63) is 0 Å². The number of hydrogen-bond acceptors (Lipinski definition) is 3. The summed E-state index contributed by atoms with van der Waals surface area (Å²) in [6.07, 6.45) is 2.77. The second-order valence-corrected chi connectivity index (χ2v) is 4.54. The lowest BCUT2D eigenvalue weighted by Gasteiger charge is -2.24. The highest BCUT2D eigenvalue weighted by atomic mass is 16.5. The molecule has 2 fully saturated rings. The lowest BCUT2D eigenvalue weighted by Crippen LogP contribution is -2.45. The van der Waals surface area contributed by atoms with Crippen LogP contribution in [0.4, 0.5) is 0 Å². The summed E-state index contributed by atoms with van der Waals surface area (Å²) in [6, 6.07) is 0.200. The maximum atomic E-state index is 11.6. The molecule has 2 rings (SSSR count). The first-order valence-corrected chi connectivity index (χ1v) is 5.30. The van der Waals surface area contributed by atoms with Crippen LogP contribution >= 0.6 is 0 Å². The normalized spacial score (nSPS) is 29.6. The van der Waals surface area contributed by atoms with Gasteiger partial charge >= 0.3 is 0 Å². The molecular formula is C10H18N2O2. The van der Waals surface area contributed by atoms with Crippen LogP contribution in [0.1, 0.15) is 26.2 Å². The van der Waals surface area contributed by atoms with Crippen LogP contribution in [0, 0.1) is 0 Å². The van der Waals surface area contributed by atoms with Gasteiger partial charge in [-0.3, -0.25) is 4.79 Å². The van der Waals surface area contributed by atoms with Crippen molar-refractivity contribution in [1.82, 2.24) is 10.6 Å². The molecule has 2 N–H and O–H groups in total. The Balaban J connectivity index is 1.70. The smallest absolute Gasteiger partial charge is 0.222 e. The van der Waals surface area contributed by atoms with Crippen LogP contribution in [-0.4, -0.2) is 37.2 Å². The van der Waals surface area contributed by atoms with E-state index in [2.05, 4.69) is 17.6 Å². The number of rotatable bonds is 3. The van der Waals surface area contributed by atoms with E-state index in [-0.39, 0.29) is 17.5 Å². The summed E-state index contributed by atoms with van der Waals surface area (Å²) in [5, 5.41) is 6.31. The van der Waals surface area contributed by atoms with E-state index in [1.54, 1.807) is 0 Å². The molecule has 14 heavy (non-hydrogen) atoms. The average Bonchev–Trinajstić information content (AvgIpc) is 2.84. The molecule has 1 amide bonds. The van der Waals surface area contributed by atoms with Crippen molar-refractivity contribution in [3.8, 4) is 0 Å². The predicted octanol–water partition coefficient (Wildman–Crippen LogP) is 0.0336. The Morgan fingerprint density at radius 3 is 3.00 bits per heavy atom. The van der Waals surface area contributed by atoms with Crippen molar-refractivity contribution in [2.75, 3.05) is 19.8 Å². The Morgan fingerprint density at radius 2 is 2.43 bits per heavy atom. The van der Waals surface area contributed by atoms with Gasteiger partial charge in [-0.1, -0.05) is 0 Å². The maximum Gasteiger partial charge on any atom is 0.222 e. The maximum absolute atomic E-state index is 11.6. The fraction of sp³-hybridized carbons (Fsp3) is 0.900. The molecular weight excluding hydrogens is 180 g/mol. The lowest BCUT2D eigenvalue weighted by molar-refractivity contribution is -0.123. The number of carbonyl (C=O) groups is 1. The monoisotopic (exact) mass is 198 g/mol. The first-order valence-electron chi connectivity index (χ1n) is 5.30. The predicted molar refractivity (Wildman–Crippen MR) is 53.0 cm³/mol. The van der Waals surface area contributed by atoms with E-state index >= 15 is 0 Å². The zero-order valence-electron chi connectivity index (χ0n) is 8.64. The van der Waals surface area contributed by atoms with Gasteiger partial charge in [0.05, 0.1) is 13.2 Å². The van der Waals surface area contributed by atoms with E-state index in [1.807, 2.05) is 0 Å². The molecule has 1 heterocycles. The van der Waals surface area contributed by atoms with Gasteiger partial charge in [-0.2, -0.15) is 0 Å². The van der Waals surface area contributed by atoms with Gasteiger partial charge in [0.15, 0.2) is 0 Å². The summed E-state index contributed by atoms with van der Waals surface area (Å²) in [6.45, 7) is 4.37. The largest absolute Gasteiger partial charge is 0.378 e. The van der Waals surface area contributed by atoms with Gasteiger partial charge in [0.1, 0.15) is 0 Å². The zero-order chi connectivity index (χ0) is 10.0. The van der Waals surface area contributed by atoms with E-state index in [0.717, 1.165) is 26.0 Å². The SMILES string of the molecule is CC1(NC(=O)CC2COCCN2)CC1. The third-order valence-electron chi connectivity index (χ3n) is 2.87. The standard InChI is InChI=1S/C10H18N2O2/c1-10(2-3-10)12-9(13)6-8-7-14-5-4-11-8/h8,11H,2-7H2,1H3,(H,12,13). The summed E-state index contributed by atoms with van der Waals surface area (Å²) in [5.74, 6) is 0.146. The van der Waals surface area contributed by atoms with Crippen LogP contribution in [0.15, 0.2) is 0 Å². The fourth-order valence-electron chi connectivity index (χ4n) is 1.67. The molecule has 0 aromatic heterocycles. The Hall–Kier alpha value is -0.610. The second-order valence-electron chi connectivity index (χ2n) is 4.54. The minimum absolute atomic E-state index is 0.104. The summed E-state index contributed by atoms with van der Waals surface area (Å²) in [4.78, 5) is 11.6. The van der Waals surface area contributed by atoms with Gasteiger partial charge in [0, 0.05) is 24.5 Å². The van der Waals surface area contributed by atoms with Crippen molar-refractivity contribution < 1.29 is 9.53 Å². The third kappa shape index (κ3) is 2.69. The number of morpholine rings is 1. The van der Waals surface area contributed by atoms with Crippen molar-refractivity contribution in [2.45, 2.75) is 37.8 Å².